The zero-order valence-electron chi connectivity index (χ0n) is 16.0. The zero-order chi connectivity index (χ0) is 20.2. The van der Waals surface area contributed by atoms with Crippen LogP contribution >= 0.6 is 0 Å². The van der Waals surface area contributed by atoms with Crippen LogP contribution in [0.5, 0.6) is 0 Å². The maximum atomic E-state index is 12.8. The summed E-state index contributed by atoms with van der Waals surface area (Å²) in [7, 11) is 1.87. The van der Waals surface area contributed by atoms with E-state index >= 15 is 0 Å². The van der Waals surface area contributed by atoms with E-state index in [2.05, 4.69) is 20.0 Å². The van der Waals surface area contributed by atoms with Gasteiger partial charge in [0, 0.05) is 44.7 Å². The summed E-state index contributed by atoms with van der Waals surface area (Å²) in [4.78, 5) is 36.9. The largest absolute Gasteiger partial charge is 0.458 e. The highest BCUT2D eigenvalue weighted by Gasteiger charge is 2.45. The first-order chi connectivity index (χ1) is 14.0. The molecule has 1 spiro atoms. The maximum absolute atomic E-state index is 12.8. The minimum atomic E-state index is -0.681. The molecule has 2 aliphatic heterocycles. The molecule has 0 radical (unpaired) electrons. The van der Waals surface area contributed by atoms with Crippen LogP contribution in [0.25, 0.3) is 11.0 Å². The Bertz CT molecular complexity index is 1120. The second-order valence-corrected chi connectivity index (χ2v) is 7.91. The van der Waals surface area contributed by atoms with E-state index in [-0.39, 0.29) is 17.1 Å². The number of primary amides is 1. The summed E-state index contributed by atoms with van der Waals surface area (Å²) in [6.07, 6.45) is 6.59. The van der Waals surface area contributed by atoms with Crippen LogP contribution in [0.1, 0.15) is 33.8 Å². The molecule has 1 unspecified atom stereocenters. The summed E-state index contributed by atoms with van der Waals surface area (Å²) < 4.78 is 6.83. The van der Waals surface area contributed by atoms with Gasteiger partial charge >= 0.3 is 0 Å². The van der Waals surface area contributed by atoms with Crippen molar-refractivity contribution in [1.82, 2.24) is 24.6 Å². The fraction of sp³-hybridized carbons (Fsp3) is 0.421. The molecular formula is C19H21N7O3. The summed E-state index contributed by atoms with van der Waals surface area (Å²) in [5.41, 5.74) is 6.41. The second kappa shape index (κ2) is 6.29. The van der Waals surface area contributed by atoms with Crippen molar-refractivity contribution in [2.24, 2.45) is 18.2 Å². The minimum Gasteiger partial charge on any atom is -0.458 e. The molecule has 10 heteroatoms. The highest BCUT2D eigenvalue weighted by Crippen LogP contribution is 2.42. The van der Waals surface area contributed by atoms with E-state index in [4.69, 9.17) is 10.2 Å². The molecule has 1 atom stereocenters. The first kappa shape index (κ1) is 17.7. The molecule has 0 aliphatic carbocycles. The van der Waals surface area contributed by atoms with Crippen molar-refractivity contribution in [1.29, 1.82) is 0 Å². The Morgan fingerprint density at radius 3 is 2.83 bits per heavy atom. The molecule has 5 rings (SSSR count). The average Bonchev–Trinajstić information content (AvgIpc) is 3.49. The Morgan fingerprint density at radius 2 is 2.03 bits per heavy atom. The minimum absolute atomic E-state index is 0.00134. The lowest BCUT2D eigenvalue weighted by molar-refractivity contribution is 0.0775. The van der Waals surface area contributed by atoms with Gasteiger partial charge in [-0.3, -0.25) is 14.3 Å². The van der Waals surface area contributed by atoms with Gasteiger partial charge in [0.2, 0.25) is 0 Å². The van der Waals surface area contributed by atoms with Gasteiger partial charge in [-0.05, 0) is 12.8 Å². The van der Waals surface area contributed by atoms with Gasteiger partial charge in [0.1, 0.15) is 18.4 Å². The first-order valence-corrected chi connectivity index (χ1v) is 9.51. The number of carbonyl (C=O) groups excluding carboxylic acids is 2. The number of rotatable bonds is 3. The Labute approximate surface area is 166 Å². The van der Waals surface area contributed by atoms with Crippen molar-refractivity contribution in [3.8, 4) is 0 Å². The lowest BCUT2D eigenvalue weighted by Gasteiger charge is -2.25. The molecule has 10 nitrogen and oxygen atoms in total. The fourth-order valence-corrected chi connectivity index (χ4v) is 4.52. The highest BCUT2D eigenvalue weighted by atomic mass is 16.3. The molecule has 0 bridgehead atoms. The molecule has 29 heavy (non-hydrogen) atoms. The number of fused-ring (bicyclic) bond motifs is 1. The number of nitrogens with two attached hydrogens (primary N) is 1. The Balaban J connectivity index is 1.33. The van der Waals surface area contributed by atoms with Gasteiger partial charge in [-0.25, -0.2) is 9.97 Å². The third-order valence-electron chi connectivity index (χ3n) is 6.06. The van der Waals surface area contributed by atoms with Crippen molar-refractivity contribution in [3.05, 3.63) is 36.2 Å². The van der Waals surface area contributed by atoms with Crippen LogP contribution in [0.2, 0.25) is 0 Å². The molecule has 2 N–H and O–H groups in total. The van der Waals surface area contributed by atoms with Crippen LogP contribution in [0, 0.1) is 5.41 Å². The number of likely N-dealkylation sites (tertiary alicyclic amines) is 1. The predicted octanol–water partition coefficient (Wildman–Crippen LogP) is 0.798. The number of anilines is 1. The van der Waals surface area contributed by atoms with E-state index in [1.807, 2.05) is 11.9 Å². The van der Waals surface area contributed by atoms with E-state index in [1.165, 1.54) is 12.3 Å². The van der Waals surface area contributed by atoms with Gasteiger partial charge in [0.25, 0.3) is 11.8 Å². The van der Waals surface area contributed by atoms with Crippen LogP contribution in [0.15, 0.2) is 29.3 Å². The Morgan fingerprint density at radius 1 is 1.21 bits per heavy atom. The number of aromatic nitrogens is 4. The molecule has 3 aromatic heterocycles. The van der Waals surface area contributed by atoms with E-state index in [0.29, 0.717) is 18.7 Å². The predicted molar refractivity (Wildman–Crippen MR) is 103 cm³/mol. The summed E-state index contributed by atoms with van der Waals surface area (Å²) in [5, 5.41) is 5.23. The summed E-state index contributed by atoms with van der Waals surface area (Å²) in [6.45, 7) is 3.05. The summed E-state index contributed by atoms with van der Waals surface area (Å²) in [5.74, 6) is 0.0810. The standard InChI is InChI=1S/C19H21N7O3/c1-24-16-13(7-23-24)17(22-11-21-16)25-4-2-19(9-25)3-5-26(10-19)18(28)12-6-14(15(20)27)29-8-12/h6-8,11H,2-5,9-10H2,1H3,(H2,20,27). The van der Waals surface area contributed by atoms with Crippen LogP contribution in [-0.2, 0) is 7.05 Å². The van der Waals surface area contributed by atoms with Gasteiger partial charge < -0.3 is 20.0 Å². The molecule has 5 heterocycles. The monoisotopic (exact) mass is 395 g/mol. The molecule has 0 saturated carbocycles. The third kappa shape index (κ3) is 2.82. The number of hydrogen-bond acceptors (Lipinski definition) is 7. The molecule has 2 fully saturated rings. The topological polar surface area (TPSA) is 123 Å². The number of hydrogen-bond donors (Lipinski definition) is 1. The average molecular weight is 395 g/mol. The number of aryl methyl sites for hydroxylation is 1. The van der Waals surface area contributed by atoms with E-state index in [1.54, 1.807) is 17.2 Å². The SMILES string of the molecule is Cn1ncc2c(N3CCC4(CCN(C(=O)c5coc(C(N)=O)c5)C4)C3)ncnc21. The molecule has 2 saturated heterocycles. The molecule has 150 valence electrons. The lowest BCUT2D eigenvalue weighted by atomic mass is 9.86. The van der Waals surface area contributed by atoms with E-state index < -0.39 is 5.91 Å². The smallest absolute Gasteiger partial charge is 0.284 e. The van der Waals surface area contributed by atoms with Gasteiger partial charge in [-0.15, -0.1) is 0 Å². The van der Waals surface area contributed by atoms with Crippen LogP contribution in [0.3, 0.4) is 0 Å². The number of furan rings is 1. The van der Waals surface area contributed by atoms with Crippen LogP contribution in [0.4, 0.5) is 5.82 Å². The van der Waals surface area contributed by atoms with Gasteiger partial charge in [0.15, 0.2) is 11.4 Å². The number of carbonyl (C=O) groups is 2. The number of amides is 2. The van der Waals surface area contributed by atoms with Crippen molar-refractivity contribution in [2.75, 3.05) is 31.1 Å². The molecule has 0 aromatic carbocycles. The first-order valence-electron chi connectivity index (χ1n) is 9.51. The summed E-state index contributed by atoms with van der Waals surface area (Å²) in [6, 6.07) is 1.41. The summed E-state index contributed by atoms with van der Waals surface area (Å²) >= 11 is 0. The lowest BCUT2D eigenvalue weighted by Crippen LogP contribution is -2.34. The molecular weight excluding hydrogens is 374 g/mol. The fourth-order valence-electron chi connectivity index (χ4n) is 4.52. The van der Waals surface area contributed by atoms with Gasteiger partial charge in [-0.1, -0.05) is 0 Å². The normalized spacial score (nSPS) is 21.6. The van der Waals surface area contributed by atoms with E-state index in [9.17, 15) is 9.59 Å². The molecule has 2 aliphatic rings. The molecule has 3 aromatic rings. The highest BCUT2D eigenvalue weighted by molar-refractivity contribution is 5.98. The van der Waals surface area contributed by atoms with E-state index in [0.717, 1.165) is 42.8 Å². The van der Waals surface area contributed by atoms with Gasteiger partial charge in [-0.2, -0.15) is 5.10 Å². The van der Waals surface area contributed by atoms with Crippen molar-refractivity contribution in [3.63, 3.8) is 0 Å². The number of nitrogens with zero attached hydrogens (tertiary/aromatic N) is 6. The molecule has 2 amide bonds. The Hall–Kier alpha value is -3.43. The van der Waals surface area contributed by atoms with Crippen LogP contribution < -0.4 is 10.6 Å². The second-order valence-electron chi connectivity index (χ2n) is 7.91. The van der Waals surface area contributed by atoms with Crippen molar-refractivity contribution in [2.45, 2.75) is 12.8 Å². The zero-order valence-corrected chi connectivity index (χ0v) is 16.0. The van der Waals surface area contributed by atoms with Crippen molar-refractivity contribution >= 4 is 28.7 Å². The quantitative estimate of drug-likeness (QED) is 0.695. The maximum Gasteiger partial charge on any atom is 0.284 e. The third-order valence-corrected chi connectivity index (χ3v) is 6.06. The van der Waals surface area contributed by atoms with Gasteiger partial charge in [0.05, 0.1) is 17.1 Å². The van der Waals surface area contributed by atoms with Crippen LogP contribution in [-0.4, -0.2) is 62.6 Å². The van der Waals surface area contributed by atoms with Crippen molar-refractivity contribution < 1.29 is 14.0 Å². The Kier molecular flexibility index (Phi) is 3.83.